The van der Waals surface area contributed by atoms with Gasteiger partial charge in [0.2, 0.25) is 0 Å². The third kappa shape index (κ3) is 4.64. The zero-order valence-corrected chi connectivity index (χ0v) is 17.5. The lowest BCUT2D eigenvalue weighted by atomic mass is 10.1. The molecule has 0 saturated heterocycles. The molecule has 7 heteroatoms. The van der Waals surface area contributed by atoms with Crippen LogP contribution in [0, 0.1) is 6.92 Å². The highest BCUT2D eigenvalue weighted by Gasteiger charge is 2.14. The first-order valence-electron chi connectivity index (χ1n) is 9.72. The summed E-state index contributed by atoms with van der Waals surface area (Å²) in [5.74, 6) is -0.134. The first kappa shape index (κ1) is 20.0. The fraction of sp³-hybridized carbons (Fsp3) is 0.174. The van der Waals surface area contributed by atoms with Crippen molar-refractivity contribution < 1.29 is 4.79 Å². The Morgan fingerprint density at radius 2 is 1.83 bits per heavy atom. The normalized spacial score (nSPS) is 10.9. The molecule has 2 aromatic heterocycles. The molecule has 0 bridgehead atoms. The second-order valence-electron chi connectivity index (χ2n) is 7.04. The van der Waals surface area contributed by atoms with Gasteiger partial charge in [0.15, 0.2) is 0 Å². The SMILES string of the molecule is Cc1nn(Cc2csc(-c3ccccc3)n2)cc1C(=O)NCc1ccc(CN)cc1. The van der Waals surface area contributed by atoms with E-state index in [4.69, 9.17) is 10.7 Å². The Hall–Kier alpha value is -3.29. The minimum Gasteiger partial charge on any atom is -0.348 e. The molecule has 6 nitrogen and oxygen atoms in total. The molecule has 0 atom stereocenters. The average molecular weight is 418 g/mol. The molecular formula is C23H23N5OS. The van der Waals surface area contributed by atoms with Gasteiger partial charge in [-0.25, -0.2) is 4.98 Å². The molecule has 0 aliphatic carbocycles. The van der Waals surface area contributed by atoms with E-state index in [9.17, 15) is 4.79 Å². The maximum absolute atomic E-state index is 12.6. The maximum atomic E-state index is 12.6. The average Bonchev–Trinajstić information content (AvgIpc) is 3.39. The molecule has 1 amide bonds. The van der Waals surface area contributed by atoms with Crippen LogP contribution in [0.3, 0.4) is 0 Å². The zero-order valence-electron chi connectivity index (χ0n) is 16.7. The van der Waals surface area contributed by atoms with Crippen molar-refractivity contribution in [2.75, 3.05) is 0 Å². The van der Waals surface area contributed by atoms with Crippen LogP contribution in [-0.4, -0.2) is 20.7 Å². The molecule has 0 spiro atoms. The quantitative estimate of drug-likeness (QED) is 0.479. The van der Waals surface area contributed by atoms with Gasteiger partial charge in [-0.3, -0.25) is 9.48 Å². The van der Waals surface area contributed by atoms with Gasteiger partial charge in [0.1, 0.15) is 5.01 Å². The summed E-state index contributed by atoms with van der Waals surface area (Å²) in [5, 5.41) is 10.5. The van der Waals surface area contributed by atoms with Crippen molar-refractivity contribution in [2.45, 2.75) is 26.6 Å². The van der Waals surface area contributed by atoms with Crippen LogP contribution in [0.1, 0.15) is 32.9 Å². The van der Waals surface area contributed by atoms with Crippen LogP contribution in [0.5, 0.6) is 0 Å². The number of hydrogen-bond donors (Lipinski definition) is 2. The van der Waals surface area contributed by atoms with Gasteiger partial charge in [-0.2, -0.15) is 5.10 Å². The predicted octanol–water partition coefficient (Wildman–Crippen LogP) is 3.75. The first-order valence-corrected chi connectivity index (χ1v) is 10.6. The van der Waals surface area contributed by atoms with Crippen LogP contribution in [0.15, 0.2) is 66.2 Å². The van der Waals surface area contributed by atoms with Gasteiger partial charge in [0, 0.05) is 30.2 Å². The Bertz CT molecular complexity index is 1130. The summed E-state index contributed by atoms with van der Waals surface area (Å²) in [6, 6.07) is 18.0. The number of hydrogen-bond acceptors (Lipinski definition) is 5. The second kappa shape index (κ2) is 9.02. The Morgan fingerprint density at radius 1 is 1.10 bits per heavy atom. The van der Waals surface area contributed by atoms with E-state index in [-0.39, 0.29) is 5.91 Å². The molecule has 2 heterocycles. The van der Waals surface area contributed by atoms with Gasteiger partial charge in [-0.05, 0) is 18.1 Å². The monoisotopic (exact) mass is 417 g/mol. The fourth-order valence-electron chi connectivity index (χ4n) is 3.15. The summed E-state index contributed by atoms with van der Waals surface area (Å²) in [5.41, 5.74) is 11.0. The van der Waals surface area contributed by atoms with Crippen molar-refractivity contribution in [1.82, 2.24) is 20.1 Å². The topological polar surface area (TPSA) is 85.8 Å². The number of carbonyl (C=O) groups excluding carboxylic acids is 1. The summed E-state index contributed by atoms with van der Waals surface area (Å²) < 4.78 is 1.77. The highest BCUT2D eigenvalue weighted by molar-refractivity contribution is 7.13. The summed E-state index contributed by atoms with van der Waals surface area (Å²) in [6.45, 7) is 3.34. The summed E-state index contributed by atoms with van der Waals surface area (Å²) in [4.78, 5) is 17.3. The largest absolute Gasteiger partial charge is 0.348 e. The number of amides is 1. The molecule has 0 saturated carbocycles. The summed E-state index contributed by atoms with van der Waals surface area (Å²) >= 11 is 1.61. The van der Waals surface area contributed by atoms with Crippen molar-refractivity contribution in [3.8, 4) is 10.6 Å². The lowest BCUT2D eigenvalue weighted by Gasteiger charge is -2.05. The number of benzene rings is 2. The van der Waals surface area contributed by atoms with E-state index >= 15 is 0 Å². The van der Waals surface area contributed by atoms with Crippen LogP contribution in [-0.2, 0) is 19.6 Å². The summed E-state index contributed by atoms with van der Waals surface area (Å²) in [7, 11) is 0. The van der Waals surface area contributed by atoms with Gasteiger partial charge in [-0.1, -0.05) is 54.6 Å². The van der Waals surface area contributed by atoms with Gasteiger partial charge < -0.3 is 11.1 Å². The summed E-state index contributed by atoms with van der Waals surface area (Å²) in [6.07, 6.45) is 1.78. The van der Waals surface area contributed by atoms with Crippen LogP contribution >= 0.6 is 11.3 Å². The highest BCUT2D eigenvalue weighted by Crippen LogP contribution is 2.23. The van der Waals surface area contributed by atoms with Crippen molar-refractivity contribution >= 4 is 17.2 Å². The van der Waals surface area contributed by atoms with Crippen molar-refractivity contribution in [2.24, 2.45) is 5.73 Å². The Balaban J connectivity index is 1.40. The number of rotatable bonds is 7. The van der Waals surface area contributed by atoms with E-state index < -0.39 is 0 Å². The molecule has 0 aliphatic rings. The second-order valence-corrected chi connectivity index (χ2v) is 7.90. The third-order valence-electron chi connectivity index (χ3n) is 4.80. The standard InChI is InChI=1S/C23H23N5OS/c1-16-21(22(29)25-12-18-9-7-17(11-24)8-10-18)14-28(27-16)13-20-15-30-23(26-20)19-5-3-2-4-6-19/h2-10,14-15H,11-13,24H2,1H3,(H,25,29). The number of nitrogens with two attached hydrogens (primary N) is 1. The lowest BCUT2D eigenvalue weighted by molar-refractivity contribution is 0.0950. The smallest absolute Gasteiger partial charge is 0.255 e. The third-order valence-corrected chi connectivity index (χ3v) is 5.74. The first-order chi connectivity index (χ1) is 14.6. The lowest BCUT2D eigenvalue weighted by Crippen LogP contribution is -2.23. The maximum Gasteiger partial charge on any atom is 0.255 e. The molecule has 30 heavy (non-hydrogen) atoms. The number of thiazole rings is 1. The van der Waals surface area contributed by atoms with E-state index in [2.05, 4.69) is 10.4 Å². The van der Waals surface area contributed by atoms with Gasteiger partial charge in [-0.15, -0.1) is 11.3 Å². The minimum atomic E-state index is -0.134. The minimum absolute atomic E-state index is 0.134. The number of aryl methyl sites for hydroxylation is 1. The van der Waals surface area contributed by atoms with Crippen molar-refractivity contribution in [1.29, 1.82) is 0 Å². The van der Waals surface area contributed by atoms with Crippen LogP contribution in [0.4, 0.5) is 0 Å². The molecule has 0 fully saturated rings. The number of nitrogens with one attached hydrogen (secondary N) is 1. The molecule has 152 valence electrons. The number of nitrogens with zero attached hydrogens (tertiary/aromatic N) is 3. The van der Waals surface area contributed by atoms with Gasteiger partial charge in [0.05, 0.1) is 23.5 Å². The molecule has 2 aromatic carbocycles. The fourth-order valence-corrected chi connectivity index (χ4v) is 3.97. The molecule has 4 aromatic rings. The van der Waals surface area contributed by atoms with E-state index in [1.165, 1.54) is 0 Å². The van der Waals surface area contributed by atoms with Crippen LogP contribution < -0.4 is 11.1 Å². The highest BCUT2D eigenvalue weighted by atomic mass is 32.1. The predicted molar refractivity (Wildman–Crippen MR) is 119 cm³/mol. The molecule has 0 radical (unpaired) electrons. The molecule has 0 aliphatic heterocycles. The Morgan fingerprint density at radius 3 is 2.57 bits per heavy atom. The van der Waals surface area contributed by atoms with E-state index in [0.29, 0.717) is 30.9 Å². The molecule has 4 rings (SSSR count). The molecule has 0 unspecified atom stereocenters. The Kier molecular flexibility index (Phi) is 6.02. The van der Waals surface area contributed by atoms with Crippen LogP contribution in [0.2, 0.25) is 0 Å². The van der Waals surface area contributed by atoms with E-state index in [1.54, 1.807) is 22.2 Å². The number of carbonyl (C=O) groups is 1. The molecule has 3 N–H and O–H groups in total. The van der Waals surface area contributed by atoms with Crippen molar-refractivity contribution in [3.05, 3.63) is 94.3 Å². The van der Waals surface area contributed by atoms with Crippen LogP contribution in [0.25, 0.3) is 10.6 Å². The van der Waals surface area contributed by atoms with Gasteiger partial charge in [0.25, 0.3) is 5.91 Å². The number of aromatic nitrogens is 3. The zero-order chi connectivity index (χ0) is 20.9. The van der Waals surface area contributed by atoms with Crippen molar-refractivity contribution in [3.63, 3.8) is 0 Å². The molecular weight excluding hydrogens is 394 g/mol. The Labute approximate surface area is 179 Å². The van der Waals surface area contributed by atoms with Gasteiger partial charge >= 0.3 is 0 Å². The van der Waals surface area contributed by atoms with E-state index in [0.717, 1.165) is 27.4 Å². The van der Waals surface area contributed by atoms with E-state index in [1.807, 2.05) is 66.9 Å².